The van der Waals surface area contributed by atoms with Crippen molar-refractivity contribution in [1.29, 1.82) is 0 Å². The second-order valence-corrected chi connectivity index (χ2v) is 6.82. The molecular formula is C18H25N5O2. The van der Waals surface area contributed by atoms with Crippen LogP contribution < -0.4 is 4.90 Å². The van der Waals surface area contributed by atoms with Crippen LogP contribution in [0.5, 0.6) is 0 Å². The fraction of sp³-hybridized carbons (Fsp3) is 0.611. The number of fused-ring (bicyclic) bond motifs is 1. The van der Waals surface area contributed by atoms with Gasteiger partial charge in [0.05, 0.1) is 19.3 Å². The molecule has 0 aromatic carbocycles. The Balaban J connectivity index is 1.44. The molecule has 4 rings (SSSR count). The summed E-state index contributed by atoms with van der Waals surface area (Å²) in [4.78, 5) is 11.5. The summed E-state index contributed by atoms with van der Waals surface area (Å²) < 4.78 is 14.2. The molecule has 25 heavy (non-hydrogen) atoms. The molecule has 2 aliphatic heterocycles. The lowest BCUT2D eigenvalue weighted by Gasteiger charge is -2.20. The molecule has 2 aromatic heterocycles. The van der Waals surface area contributed by atoms with Crippen LogP contribution >= 0.6 is 0 Å². The third-order valence-corrected chi connectivity index (χ3v) is 4.80. The van der Waals surface area contributed by atoms with Gasteiger partial charge in [-0.2, -0.15) is 5.10 Å². The van der Waals surface area contributed by atoms with Crippen LogP contribution in [0.2, 0.25) is 0 Å². The quantitative estimate of drug-likeness (QED) is 0.843. The minimum absolute atomic E-state index is 0.0745. The van der Waals surface area contributed by atoms with Gasteiger partial charge < -0.3 is 14.4 Å². The summed E-state index contributed by atoms with van der Waals surface area (Å²) in [5, 5.41) is 4.30. The maximum atomic E-state index is 6.15. The molecule has 2 aliphatic rings. The van der Waals surface area contributed by atoms with Crippen molar-refractivity contribution in [2.24, 2.45) is 0 Å². The van der Waals surface area contributed by atoms with Crippen molar-refractivity contribution < 1.29 is 9.47 Å². The largest absolute Gasteiger partial charge is 0.371 e. The molecule has 0 radical (unpaired) electrons. The number of rotatable bonds is 4. The first-order chi connectivity index (χ1) is 12.2. The average Bonchev–Trinajstić information content (AvgIpc) is 3.22. The Morgan fingerprint density at radius 2 is 1.92 bits per heavy atom. The number of hydrogen-bond acceptors (Lipinski definition) is 6. The number of hydrogen-bond donors (Lipinski definition) is 0. The summed E-state index contributed by atoms with van der Waals surface area (Å²) in [6, 6.07) is 4.13. The van der Waals surface area contributed by atoms with Crippen LogP contribution in [0.1, 0.15) is 30.9 Å². The number of nitrogens with zero attached hydrogens (tertiary/aromatic N) is 5. The summed E-state index contributed by atoms with van der Waals surface area (Å²) in [7, 11) is 0. The Bertz CT molecular complexity index is 689. The third kappa shape index (κ3) is 3.52. The van der Waals surface area contributed by atoms with Gasteiger partial charge in [0.1, 0.15) is 23.9 Å². The minimum atomic E-state index is 0.0745. The van der Waals surface area contributed by atoms with E-state index in [0.717, 1.165) is 43.3 Å². The molecule has 0 spiro atoms. The lowest BCUT2D eigenvalue weighted by atomic mass is 10.3. The van der Waals surface area contributed by atoms with E-state index in [1.165, 1.54) is 0 Å². The van der Waals surface area contributed by atoms with Gasteiger partial charge in [0.2, 0.25) is 0 Å². The SMILES string of the molecule is CCCc1nc(C)cc(N2C[C@@H]3OCC(n4cccn4)CO[C@H]3C2)n1. The summed E-state index contributed by atoms with van der Waals surface area (Å²) in [6.45, 7) is 7.04. The predicted octanol–water partition coefficient (Wildman–Crippen LogP) is 1.78. The van der Waals surface area contributed by atoms with Crippen molar-refractivity contribution in [2.45, 2.75) is 44.9 Å². The molecule has 7 nitrogen and oxygen atoms in total. The van der Waals surface area contributed by atoms with Crippen molar-refractivity contribution in [2.75, 3.05) is 31.2 Å². The Morgan fingerprint density at radius 3 is 2.56 bits per heavy atom. The highest BCUT2D eigenvalue weighted by atomic mass is 16.6. The van der Waals surface area contributed by atoms with Gasteiger partial charge in [-0.25, -0.2) is 9.97 Å². The molecule has 2 saturated heterocycles. The van der Waals surface area contributed by atoms with E-state index in [0.29, 0.717) is 13.2 Å². The van der Waals surface area contributed by atoms with E-state index < -0.39 is 0 Å². The monoisotopic (exact) mass is 343 g/mol. The molecular weight excluding hydrogens is 318 g/mol. The molecule has 4 heterocycles. The molecule has 0 N–H and O–H groups in total. The average molecular weight is 343 g/mol. The number of ether oxygens (including phenoxy) is 2. The minimum Gasteiger partial charge on any atom is -0.371 e. The third-order valence-electron chi connectivity index (χ3n) is 4.80. The number of anilines is 1. The first-order valence-corrected chi connectivity index (χ1v) is 9.04. The van der Waals surface area contributed by atoms with Crippen LogP contribution in [-0.2, 0) is 15.9 Å². The van der Waals surface area contributed by atoms with Crippen molar-refractivity contribution >= 4 is 5.82 Å². The van der Waals surface area contributed by atoms with E-state index in [1.54, 1.807) is 6.20 Å². The zero-order valence-electron chi connectivity index (χ0n) is 14.8. The Hall–Kier alpha value is -1.99. The van der Waals surface area contributed by atoms with Crippen molar-refractivity contribution in [3.05, 3.63) is 36.0 Å². The van der Waals surface area contributed by atoms with E-state index in [2.05, 4.69) is 28.0 Å². The topological polar surface area (TPSA) is 65.3 Å². The Kier molecular flexibility index (Phi) is 4.67. The van der Waals surface area contributed by atoms with Gasteiger partial charge in [-0.1, -0.05) is 6.92 Å². The van der Waals surface area contributed by atoms with E-state index in [1.807, 2.05) is 23.9 Å². The van der Waals surface area contributed by atoms with Crippen LogP contribution in [0, 0.1) is 6.92 Å². The van der Waals surface area contributed by atoms with Gasteiger partial charge in [0, 0.05) is 43.7 Å². The summed E-state index contributed by atoms with van der Waals surface area (Å²) in [5.74, 6) is 1.91. The number of aryl methyl sites for hydroxylation is 2. The molecule has 0 bridgehead atoms. The highest BCUT2D eigenvalue weighted by Crippen LogP contribution is 2.27. The van der Waals surface area contributed by atoms with Crippen LogP contribution in [0.15, 0.2) is 24.5 Å². The van der Waals surface area contributed by atoms with Gasteiger partial charge in [0.25, 0.3) is 0 Å². The van der Waals surface area contributed by atoms with Crippen LogP contribution in [0.4, 0.5) is 5.82 Å². The van der Waals surface area contributed by atoms with Crippen molar-refractivity contribution in [1.82, 2.24) is 19.7 Å². The summed E-state index contributed by atoms with van der Waals surface area (Å²) >= 11 is 0. The maximum Gasteiger partial charge on any atom is 0.132 e. The van der Waals surface area contributed by atoms with E-state index >= 15 is 0 Å². The molecule has 0 aliphatic carbocycles. The Labute approximate surface area is 148 Å². The fourth-order valence-electron chi connectivity index (χ4n) is 3.53. The predicted molar refractivity (Wildman–Crippen MR) is 93.7 cm³/mol. The van der Waals surface area contributed by atoms with E-state index in [4.69, 9.17) is 14.5 Å². The van der Waals surface area contributed by atoms with Crippen LogP contribution in [-0.4, -0.2) is 58.3 Å². The zero-order valence-corrected chi connectivity index (χ0v) is 14.8. The molecule has 0 unspecified atom stereocenters. The van der Waals surface area contributed by atoms with Gasteiger partial charge >= 0.3 is 0 Å². The lowest BCUT2D eigenvalue weighted by molar-refractivity contribution is -0.00461. The fourth-order valence-corrected chi connectivity index (χ4v) is 3.53. The van der Waals surface area contributed by atoms with Gasteiger partial charge in [-0.15, -0.1) is 0 Å². The molecule has 134 valence electrons. The molecule has 2 fully saturated rings. The lowest BCUT2D eigenvalue weighted by Crippen LogP contribution is -2.27. The highest BCUT2D eigenvalue weighted by Gasteiger charge is 2.38. The van der Waals surface area contributed by atoms with Crippen LogP contribution in [0.25, 0.3) is 0 Å². The zero-order chi connectivity index (χ0) is 17.2. The van der Waals surface area contributed by atoms with Gasteiger partial charge in [-0.05, 0) is 19.4 Å². The van der Waals surface area contributed by atoms with Crippen molar-refractivity contribution in [3.8, 4) is 0 Å². The summed E-state index contributed by atoms with van der Waals surface area (Å²) in [5.41, 5.74) is 1.01. The first-order valence-electron chi connectivity index (χ1n) is 9.04. The van der Waals surface area contributed by atoms with Gasteiger partial charge in [0.15, 0.2) is 0 Å². The van der Waals surface area contributed by atoms with Crippen LogP contribution in [0.3, 0.4) is 0 Å². The molecule has 7 heteroatoms. The second-order valence-electron chi connectivity index (χ2n) is 6.82. The first kappa shape index (κ1) is 16.5. The second kappa shape index (κ2) is 7.09. The molecule has 2 atom stereocenters. The standard InChI is InChI=1S/C18H25N5O2/c1-3-5-17-20-13(2)8-18(21-17)22-9-15-16(10-22)25-12-14(11-24-15)23-7-4-6-19-23/h4,6-8,14-16H,3,5,9-12H2,1-2H3/t15-,16-/m0/s1. The molecule has 0 amide bonds. The smallest absolute Gasteiger partial charge is 0.132 e. The summed E-state index contributed by atoms with van der Waals surface area (Å²) in [6.07, 6.45) is 5.86. The normalized spacial score (nSPS) is 24.3. The molecule has 0 saturated carbocycles. The van der Waals surface area contributed by atoms with E-state index in [9.17, 15) is 0 Å². The molecule has 2 aromatic rings. The highest BCUT2D eigenvalue weighted by molar-refractivity contribution is 5.42. The maximum absolute atomic E-state index is 6.15. The van der Waals surface area contributed by atoms with Crippen molar-refractivity contribution in [3.63, 3.8) is 0 Å². The van der Waals surface area contributed by atoms with Gasteiger partial charge in [-0.3, -0.25) is 4.68 Å². The van der Waals surface area contributed by atoms with E-state index in [-0.39, 0.29) is 18.2 Å². The Morgan fingerprint density at radius 1 is 1.16 bits per heavy atom. The number of aromatic nitrogens is 4.